The van der Waals surface area contributed by atoms with Gasteiger partial charge in [-0.1, -0.05) is 0 Å². The molecule has 92 valence electrons. The van der Waals surface area contributed by atoms with Crippen LogP contribution in [0.1, 0.15) is 11.3 Å². The van der Waals surface area contributed by atoms with Gasteiger partial charge in [0, 0.05) is 22.3 Å². The number of thiophene rings is 1. The van der Waals surface area contributed by atoms with E-state index >= 15 is 0 Å². The van der Waals surface area contributed by atoms with Gasteiger partial charge < -0.3 is 5.73 Å². The molecule has 0 radical (unpaired) electrons. The van der Waals surface area contributed by atoms with Crippen LogP contribution < -0.4 is 10.5 Å². The quantitative estimate of drug-likeness (QED) is 0.787. The highest BCUT2D eigenvalue weighted by Crippen LogP contribution is 2.25. The molecule has 2 aromatic heterocycles. The predicted octanol–water partition coefficient (Wildman–Crippen LogP) is 1.47. The van der Waals surface area contributed by atoms with Crippen molar-refractivity contribution in [1.29, 1.82) is 0 Å². The highest BCUT2D eigenvalue weighted by Gasteiger charge is 2.19. The van der Waals surface area contributed by atoms with Gasteiger partial charge in [0.1, 0.15) is 4.21 Å². The number of nitrogens with two attached hydrogens (primary N) is 1. The molecule has 0 amide bonds. The lowest BCUT2D eigenvalue weighted by Gasteiger charge is -2.03. The van der Waals surface area contributed by atoms with E-state index in [4.69, 9.17) is 5.73 Å². The standard InChI is InChI=1S/C9H12N4O2S2/c1-5-6(2)11-12-9(5)13-17(14,15)8-3-7(10)4-16-8/h3-4H,10H2,1-2H3,(H2,11,12,13). The summed E-state index contributed by atoms with van der Waals surface area (Å²) in [5.74, 6) is 0.314. The van der Waals surface area contributed by atoms with E-state index in [1.165, 1.54) is 6.07 Å². The Balaban J connectivity index is 2.33. The van der Waals surface area contributed by atoms with Crippen molar-refractivity contribution in [3.8, 4) is 0 Å². The van der Waals surface area contributed by atoms with Crippen molar-refractivity contribution in [3.63, 3.8) is 0 Å². The van der Waals surface area contributed by atoms with Gasteiger partial charge in [-0.25, -0.2) is 8.42 Å². The number of anilines is 2. The van der Waals surface area contributed by atoms with Crippen molar-refractivity contribution in [2.24, 2.45) is 0 Å². The first kappa shape index (κ1) is 11.9. The summed E-state index contributed by atoms with van der Waals surface area (Å²) in [6, 6.07) is 1.42. The lowest BCUT2D eigenvalue weighted by atomic mass is 10.3. The highest BCUT2D eigenvalue weighted by molar-refractivity contribution is 7.94. The second-order valence-electron chi connectivity index (χ2n) is 3.63. The number of sulfonamides is 1. The van der Waals surface area contributed by atoms with E-state index in [-0.39, 0.29) is 4.21 Å². The van der Waals surface area contributed by atoms with Crippen LogP contribution in [0.4, 0.5) is 11.5 Å². The topological polar surface area (TPSA) is 101 Å². The Labute approximate surface area is 103 Å². The van der Waals surface area contributed by atoms with Crippen LogP contribution >= 0.6 is 11.3 Å². The molecule has 0 saturated heterocycles. The van der Waals surface area contributed by atoms with Crippen molar-refractivity contribution < 1.29 is 8.42 Å². The molecule has 2 rings (SSSR count). The Hall–Kier alpha value is -1.54. The lowest BCUT2D eigenvalue weighted by molar-refractivity contribution is 0.603. The van der Waals surface area contributed by atoms with E-state index in [2.05, 4.69) is 14.9 Å². The Bertz CT molecular complexity index is 642. The zero-order valence-electron chi connectivity index (χ0n) is 9.31. The van der Waals surface area contributed by atoms with Crippen LogP contribution in [0.2, 0.25) is 0 Å². The van der Waals surface area contributed by atoms with Crippen LogP contribution in [0.5, 0.6) is 0 Å². The first-order chi connectivity index (χ1) is 7.90. The first-order valence-electron chi connectivity index (χ1n) is 4.78. The lowest BCUT2D eigenvalue weighted by Crippen LogP contribution is -2.12. The van der Waals surface area contributed by atoms with Crippen molar-refractivity contribution >= 4 is 32.9 Å². The fourth-order valence-corrected chi connectivity index (χ4v) is 3.38. The maximum atomic E-state index is 12.0. The fraction of sp³-hybridized carbons (Fsp3) is 0.222. The van der Waals surface area contributed by atoms with Crippen molar-refractivity contribution in [2.45, 2.75) is 18.1 Å². The smallest absolute Gasteiger partial charge is 0.272 e. The van der Waals surface area contributed by atoms with Crippen molar-refractivity contribution in [3.05, 3.63) is 22.7 Å². The number of nitrogens with zero attached hydrogens (tertiary/aromatic N) is 1. The largest absolute Gasteiger partial charge is 0.398 e. The molecule has 0 aliphatic heterocycles. The zero-order valence-corrected chi connectivity index (χ0v) is 10.9. The second-order valence-corrected chi connectivity index (χ2v) is 6.45. The maximum Gasteiger partial charge on any atom is 0.272 e. The molecule has 0 atom stereocenters. The van der Waals surface area contributed by atoms with E-state index in [1.807, 2.05) is 6.92 Å². The molecule has 8 heteroatoms. The number of aryl methyl sites for hydroxylation is 1. The van der Waals surface area contributed by atoms with Gasteiger partial charge in [-0.15, -0.1) is 11.3 Å². The summed E-state index contributed by atoms with van der Waals surface area (Å²) in [5.41, 5.74) is 7.54. The van der Waals surface area contributed by atoms with Gasteiger partial charge in [0.15, 0.2) is 5.82 Å². The maximum absolute atomic E-state index is 12.0. The summed E-state index contributed by atoms with van der Waals surface area (Å²) in [7, 11) is -3.60. The van der Waals surface area contributed by atoms with Crippen LogP contribution in [-0.4, -0.2) is 18.6 Å². The third-order valence-corrected chi connectivity index (χ3v) is 5.14. The molecule has 0 unspecified atom stereocenters. The Morgan fingerprint density at radius 2 is 2.18 bits per heavy atom. The molecule has 2 aromatic rings. The summed E-state index contributed by atoms with van der Waals surface area (Å²) < 4.78 is 26.5. The Kier molecular flexibility index (Phi) is 2.84. The zero-order chi connectivity index (χ0) is 12.6. The first-order valence-corrected chi connectivity index (χ1v) is 7.15. The minimum Gasteiger partial charge on any atom is -0.398 e. The van der Waals surface area contributed by atoms with E-state index in [9.17, 15) is 8.42 Å². The van der Waals surface area contributed by atoms with Gasteiger partial charge in [0.2, 0.25) is 0 Å². The summed E-state index contributed by atoms with van der Waals surface area (Å²) >= 11 is 1.07. The van der Waals surface area contributed by atoms with Crippen LogP contribution in [0.3, 0.4) is 0 Å². The molecule has 6 nitrogen and oxygen atoms in total. The van der Waals surface area contributed by atoms with Gasteiger partial charge in [0.05, 0.1) is 0 Å². The van der Waals surface area contributed by atoms with Crippen LogP contribution in [0, 0.1) is 13.8 Å². The molecule has 0 bridgehead atoms. The molecular formula is C9H12N4O2S2. The van der Waals surface area contributed by atoms with Crippen molar-refractivity contribution in [1.82, 2.24) is 10.2 Å². The molecule has 0 aliphatic rings. The molecule has 0 spiro atoms. The Morgan fingerprint density at radius 3 is 2.65 bits per heavy atom. The van der Waals surface area contributed by atoms with Gasteiger partial charge >= 0.3 is 0 Å². The molecule has 0 aromatic carbocycles. The monoisotopic (exact) mass is 272 g/mol. The second kappa shape index (κ2) is 4.04. The normalized spacial score (nSPS) is 11.6. The van der Waals surface area contributed by atoms with Gasteiger partial charge in [-0.05, 0) is 19.9 Å². The summed E-state index contributed by atoms with van der Waals surface area (Å²) in [6.45, 7) is 3.61. The predicted molar refractivity (Wildman–Crippen MR) is 67.6 cm³/mol. The molecule has 0 aliphatic carbocycles. The molecule has 0 fully saturated rings. The molecule has 17 heavy (non-hydrogen) atoms. The number of rotatable bonds is 3. The number of hydrogen-bond acceptors (Lipinski definition) is 5. The molecule has 4 N–H and O–H groups in total. The van der Waals surface area contributed by atoms with E-state index in [1.54, 1.807) is 12.3 Å². The number of aromatic amines is 1. The summed E-state index contributed by atoms with van der Waals surface area (Å²) in [4.78, 5) is 0. The number of aromatic nitrogens is 2. The summed E-state index contributed by atoms with van der Waals surface area (Å²) in [6.07, 6.45) is 0. The molecule has 2 heterocycles. The SMILES string of the molecule is Cc1[nH]nc(NS(=O)(=O)c2cc(N)cs2)c1C. The van der Waals surface area contributed by atoms with E-state index < -0.39 is 10.0 Å². The van der Waals surface area contributed by atoms with E-state index in [0.29, 0.717) is 11.5 Å². The van der Waals surface area contributed by atoms with Crippen LogP contribution in [0.15, 0.2) is 15.7 Å². The summed E-state index contributed by atoms with van der Waals surface area (Å²) in [5, 5.41) is 8.19. The molecular weight excluding hydrogens is 260 g/mol. The average molecular weight is 272 g/mol. The third kappa shape index (κ3) is 2.27. The van der Waals surface area contributed by atoms with Crippen molar-refractivity contribution in [2.75, 3.05) is 10.5 Å². The minimum atomic E-state index is -3.60. The van der Waals surface area contributed by atoms with Crippen LogP contribution in [-0.2, 0) is 10.0 Å². The molecule has 0 saturated carbocycles. The third-order valence-electron chi connectivity index (χ3n) is 2.34. The average Bonchev–Trinajstić information content (AvgIpc) is 2.80. The minimum absolute atomic E-state index is 0.176. The number of nitrogen functional groups attached to an aromatic ring is 1. The van der Waals surface area contributed by atoms with Gasteiger partial charge in [-0.3, -0.25) is 9.82 Å². The van der Waals surface area contributed by atoms with E-state index in [0.717, 1.165) is 22.6 Å². The number of hydrogen-bond donors (Lipinski definition) is 3. The van der Waals surface area contributed by atoms with Gasteiger partial charge in [-0.2, -0.15) is 5.10 Å². The fourth-order valence-electron chi connectivity index (χ4n) is 1.23. The Morgan fingerprint density at radius 1 is 1.47 bits per heavy atom. The number of H-pyrrole nitrogens is 1. The number of nitrogens with one attached hydrogen (secondary N) is 2. The van der Waals surface area contributed by atoms with Crippen LogP contribution in [0.25, 0.3) is 0 Å². The van der Waals surface area contributed by atoms with Gasteiger partial charge in [0.25, 0.3) is 10.0 Å². The highest BCUT2D eigenvalue weighted by atomic mass is 32.2.